The lowest BCUT2D eigenvalue weighted by molar-refractivity contribution is -0.123. The Morgan fingerprint density at radius 1 is 1.30 bits per heavy atom. The zero-order valence-corrected chi connectivity index (χ0v) is 15.3. The lowest BCUT2D eigenvalue weighted by atomic mass is 10.0. The summed E-state index contributed by atoms with van der Waals surface area (Å²) in [5.74, 6) is 0.400. The molecule has 0 aliphatic carbocycles. The van der Waals surface area contributed by atoms with Gasteiger partial charge in [-0.15, -0.1) is 11.3 Å². The van der Waals surface area contributed by atoms with Crippen molar-refractivity contribution in [1.29, 1.82) is 0 Å². The lowest BCUT2D eigenvalue weighted by Crippen LogP contribution is -2.38. The van der Waals surface area contributed by atoms with Crippen LogP contribution < -0.4 is 5.32 Å². The summed E-state index contributed by atoms with van der Waals surface area (Å²) in [7, 11) is 1.94. The van der Waals surface area contributed by atoms with Crippen LogP contribution in [0.25, 0.3) is 0 Å². The Morgan fingerprint density at radius 2 is 2.09 bits per heavy atom. The van der Waals surface area contributed by atoms with E-state index < -0.39 is 0 Å². The first-order chi connectivity index (χ1) is 11.0. The van der Waals surface area contributed by atoms with E-state index in [1.165, 1.54) is 4.88 Å². The molecule has 1 unspecified atom stereocenters. The highest BCUT2D eigenvalue weighted by atomic mass is 35.5. The number of carbonyl (C=O) groups excluding carboxylic acids is 1. The van der Waals surface area contributed by atoms with Gasteiger partial charge in [-0.25, -0.2) is 0 Å². The van der Waals surface area contributed by atoms with Crippen LogP contribution in [-0.2, 0) is 11.3 Å². The van der Waals surface area contributed by atoms with Crippen molar-refractivity contribution in [3.63, 3.8) is 0 Å². The maximum Gasteiger partial charge on any atom is 0.234 e. The fourth-order valence-corrected chi connectivity index (χ4v) is 3.66. The number of likely N-dealkylation sites (N-methyl/N-ethyl adjacent to an activating group) is 1. The topological polar surface area (TPSA) is 32.3 Å². The van der Waals surface area contributed by atoms with Crippen LogP contribution in [0.4, 0.5) is 0 Å². The third kappa shape index (κ3) is 5.65. The molecule has 1 amide bonds. The summed E-state index contributed by atoms with van der Waals surface area (Å²) >= 11 is 7.68. The van der Waals surface area contributed by atoms with Crippen LogP contribution in [0.1, 0.15) is 30.3 Å². The van der Waals surface area contributed by atoms with Crippen molar-refractivity contribution in [3.8, 4) is 0 Å². The predicted octanol–water partition coefficient (Wildman–Crippen LogP) is 4.35. The fraction of sp³-hybridized carbons (Fsp3) is 0.389. The van der Waals surface area contributed by atoms with Gasteiger partial charge in [-0.3, -0.25) is 9.69 Å². The van der Waals surface area contributed by atoms with Gasteiger partial charge in [0.2, 0.25) is 5.91 Å². The fourth-order valence-electron chi connectivity index (χ4n) is 2.50. The summed E-state index contributed by atoms with van der Waals surface area (Å²) in [5, 5.41) is 5.91. The van der Waals surface area contributed by atoms with Crippen LogP contribution >= 0.6 is 22.9 Å². The van der Waals surface area contributed by atoms with Gasteiger partial charge in [0.05, 0.1) is 12.6 Å². The molecular weight excluding hydrogens is 328 g/mol. The summed E-state index contributed by atoms with van der Waals surface area (Å²) in [6.45, 7) is 5.31. The van der Waals surface area contributed by atoms with Crippen LogP contribution in [0.5, 0.6) is 0 Å². The summed E-state index contributed by atoms with van der Waals surface area (Å²) in [4.78, 5) is 15.5. The number of amides is 1. The second-order valence-electron chi connectivity index (χ2n) is 6.11. The molecule has 1 aromatic heterocycles. The molecule has 0 radical (unpaired) electrons. The normalized spacial score (nSPS) is 12.6. The monoisotopic (exact) mass is 350 g/mol. The van der Waals surface area contributed by atoms with Crippen LogP contribution in [0.3, 0.4) is 0 Å². The number of halogens is 1. The zero-order chi connectivity index (χ0) is 16.8. The molecule has 0 saturated heterocycles. The second kappa shape index (κ2) is 8.48. The summed E-state index contributed by atoms with van der Waals surface area (Å²) in [5.41, 5.74) is 1.10. The van der Waals surface area contributed by atoms with Crippen molar-refractivity contribution in [3.05, 3.63) is 57.2 Å². The number of rotatable bonds is 7. The van der Waals surface area contributed by atoms with E-state index in [-0.39, 0.29) is 11.9 Å². The SMILES string of the molecule is CC(C)C(NC(=O)CN(C)Cc1cccc(Cl)c1)c1cccs1. The minimum Gasteiger partial charge on any atom is -0.347 e. The largest absolute Gasteiger partial charge is 0.347 e. The molecule has 0 aliphatic heterocycles. The van der Waals surface area contributed by atoms with E-state index >= 15 is 0 Å². The average Bonchev–Trinajstić information content (AvgIpc) is 2.98. The molecule has 0 bridgehead atoms. The minimum absolute atomic E-state index is 0.0432. The van der Waals surface area contributed by atoms with Crippen molar-refractivity contribution >= 4 is 28.8 Å². The van der Waals surface area contributed by atoms with E-state index in [9.17, 15) is 4.79 Å². The molecular formula is C18H23ClN2OS. The van der Waals surface area contributed by atoms with E-state index in [1.54, 1.807) is 11.3 Å². The Balaban J connectivity index is 1.90. The van der Waals surface area contributed by atoms with E-state index in [4.69, 9.17) is 11.6 Å². The van der Waals surface area contributed by atoms with Crippen molar-refractivity contribution in [2.75, 3.05) is 13.6 Å². The first-order valence-corrected chi connectivity index (χ1v) is 8.97. The number of hydrogen-bond donors (Lipinski definition) is 1. The van der Waals surface area contributed by atoms with E-state index in [0.29, 0.717) is 19.0 Å². The Hall–Kier alpha value is -1.36. The van der Waals surface area contributed by atoms with Gasteiger partial charge in [0.1, 0.15) is 0 Å². The third-order valence-corrected chi connectivity index (χ3v) is 4.78. The highest BCUT2D eigenvalue weighted by Crippen LogP contribution is 2.25. The van der Waals surface area contributed by atoms with Gasteiger partial charge >= 0.3 is 0 Å². The van der Waals surface area contributed by atoms with Crippen LogP contribution in [0.15, 0.2) is 41.8 Å². The number of carbonyl (C=O) groups is 1. The molecule has 1 N–H and O–H groups in total. The molecule has 0 spiro atoms. The molecule has 1 heterocycles. The number of hydrogen-bond acceptors (Lipinski definition) is 3. The van der Waals surface area contributed by atoms with Crippen molar-refractivity contribution in [2.24, 2.45) is 5.92 Å². The number of benzene rings is 1. The highest BCUT2D eigenvalue weighted by molar-refractivity contribution is 7.10. The Labute approximate surface area is 147 Å². The maximum atomic E-state index is 12.3. The highest BCUT2D eigenvalue weighted by Gasteiger charge is 2.19. The average molecular weight is 351 g/mol. The third-order valence-electron chi connectivity index (χ3n) is 3.59. The van der Waals surface area contributed by atoms with Gasteiger partial charge in [-0.1, -0.05) is 43.6 Å². The van der Waals surface area contributed by atoms with Gasteiger partial charge < -0.3 is 5.32 Å². The first-order valence-electron chi connectivity index (χ1n) is 7.71. The standard InChI is InChI=1S/C18H23ClN2OS/c1-13(2)18(16-8-5-9-23-16)20-17(22)12-21(3)11-14-6-4-7-15(19)10-14/h4-10,13,18H,11-12H2,1-3H3,(H,20,22). The first kappa shape index (κ1) is 18.0. The van der Waals surface area contributed by atoms with Crippen molar-refractivity contribution in [2.45, 2.75) is 26.4 Å². The van der Waals surface area contributed by atoms with Gasteiger partial charge in [0.25, 0.3) is 0 Å². The number of nitrogens with one attached hydrogen (secondary N) is 1. The molecule has 2 aromatic rings. The molecule has 3 nitrogen and oxygen atoms in total. The number of nitrogens with zero attached hydrogens (tertiary/aromatic N) is 1. The second-order valence-corrected chi connectivity index (χ2v) is 7.52. The molecule has 2 rings (SSSR count). The zero-order valence-electron chi connectivity index (χ0n) is 13.8. The molecule has 124 valence electrons. The predicted molar refractivity (Wildman–Crippen MR) is 97.8 cm³/mol. The van der Waals surface area contributed by atoms with E-state index in [0.717, 1.165) is 10.6 Å². The van der Waals surface area contributed by atoms with Crippen LogP contribution in [-0.4, -0.2) is 24.4 Å². The Kier molecular flexibility index (Phi) is 6.63. The van der Waals surface area contributed by atoms with Crippen LogP contribution in [0, 0.1) is 5.92 Å². The summed E-state index contributed by atoms with van der Waals surface area (Å²) in [6, 6.07) is 11.9. The molecule has 1 atom stereocenters. The Bertz CT molecular complexity index is 628. The van der Waals surface area contributed by atoms with Gasteiger partial charge in [-0.05, 0) is 42.1 Å². The lowest BCUT2D eigenvalue weighted by Gasteiger charge is -2.23. The van der Waals surface area contributed by atoms with Crippen LogP contribution in [0.2, 0.25) is 5.02 Å². The minimum atomic E-state index is 0.0432. The molecule has 23 heavy (non-hydrogen) atoms. The van der Waals surface area contributed by atoms with E-state index in [1.807, 2.05) is 47.7 Å². The smallest absolute Gasteiger partial charge is 0.234 e. The molecule has 0 fully saturated rings. The molecule has 0 saturated carbocycles. The van der Waals surface area contributed by atoms with Crippen molar-refractivity contribution in [1.82, 2.24) is 10.2 Å². The molecule has 0 aliphatic rings. The molecule has 1 aromatic carbocycles. The van der Waals surface area contributed by atoms with Gasteiger partial charge in [0, 0.05) is 16.4 Å². The van der Waals surface area contributed by atoms with Gasteiger partial charge in [-0.2, -0.15) is 0 Å². The summed E-state index contributed by atoms with van der Waals surface area (Å²) < 4.78 is 0. The van der Waals surface area contributed by atoms with Crippen molar-refractivity contribution < 1.29 is 4.79 Å². The number of thiophene rings is 1. The molecule has 5 heteroatoms. The maximum absolute atomic E-state index is 12.3. The van der Waals surface area contributed by atoms with Gasteiger partial charge in [0.15, 0.2) is 0 Å². The Morgan fingerprint density at radius 3 is 2.70 bits per heavy atom. The quantitative estimate of drug-likeness (QED) is 0.805. The summed E-state index contributed by atoms with van der Waals surface area (Å²) in [6.07, 6.45) is 0. The van der Waals surface area contributed by atoms with E-state index in [2.05, 4.69) is 25.2 Å².